The maximum Gasteiger partial charge on any atom is 0.297 e. The van der Waals surface area contributed by atoms with Gasteiger partial charge < -0.3 is 0 Å². The molecule has 0 aliphatic carbocycles. The van der Waals surface area contributed by atoms with Gasteiger partial charge in [0.1, 0.15) is 17.2 Å². The van der Waals surface area contributed by atoms with Gasteiger partial charge in [-0.25, -0.2) is 19.0 Å². The monoisotopic (exact) mass is 434 g/mol. The fourth-order valence-electron chi connectivity index (χ4n) is 3.35. The number of tetrazole rings is 1. The van der Waals surface area contributed by atoms with Crippen molar-refractivity contribution < 1.29 is 4.39 Å². The lowest BCUT2D eigenvalue weighted by molar-refractivity contribution is 0.629. The molecule has 3 heterocycles. The van der Waals surface area contributed by atoms with Crippen LogP contribution in [0.25, 0.3) is 22.3 Å². The van der Waals surface area contributed by atoms with Gasteiger partial charge in [-0.3, -0.25) is 9.48 Å². The molecule has 0 radical (unpaired) electrons. The Hall–Kier alpha value is -3.86. The quantitative estimate of drug-likeness (QED) is 0.401. The first-order valence-electron chi connectivity index (χ1n) is 9.25. The summed E-state index contributed by atoms with van der Waals surface area (Å²) in [4.78, 5) is 21.7. The van der Waals surface area contributed by atoms with Crippen LogP contribution in [-0.4, -0.2) is 39.5 Å². The lowest BCUT2D eigenvalue weighted by Gasteiger charge is -2.07. The molecule has 2 aromatic carbocycles. The molecule has 0 bridgehead atoms. The number of halogens is 1. The molecule has 0 spiro atoms. The molecule has 9 nitrogen and oxygen atoms in total. The molecule has 5 aromatic rings. The Morgan fingerprint density at radius 1 is 1.06 bits per heavy atom. The summed E-state index contributed by atoms with van der Waals surface area (Å²) in [5, 5.41) is 13.2. The smallest absolute Gasteiger partial charge is 0.283 e. The molecular weight excluding hydrogens is 419 g/mol. The SMILES string of the molecule is Cc1c(-n2nnnc2Sc2ncnc3ccc(F)cc23)c(=O)n(-c2ccccc2)n1C. The predicted molar refractivity (Wildman–Crippen MR) is 112 cm³/mol. The molecular formula is C20H15FN8OS. The maximum absolute atomic E-state index is 13.8. The molecule has 0 N–H and O–H groups in total. The zero-order valence-corrected chi connectivity index (χ0v) is 17.3. The highest BCUT2D eigenvalue weighted by molar-refractivity contribution is 7.99. The van der Waals surface area contributed by atoms with Crippen molar-refractivity contribution >= 4 is 22.7 Å². The molecule has 154 valence electrons. The van der Waals surface area contributed by atoms with E-state index in [9.17, 15) is 9.18 Å². The van der Waals surface area contributed by atoms with Crippen molar-refractivity contribution in [1.82, 2.24) is 39.5 Å². The van der Waals surface area contributed by atoms with Gasteiger partial charge in [0.05, 0.1) is 16.9 Å². The minimum atomic E-state index is -0.395. The Morgan fingerprint density at radius 3 is 2.68 bits per heavy atom. The number of benzene rings is 2. The maximum atomic E-state index is 13.8. The van der Waals surface area contributed by atoms with Crippen LogP contribution in [0.3, 0.4) is 0 Å². The zero-order valence-electron chi connectivity index (χ0n) is 16.5. The molecule has 0 fully saturated rings. The Labute approximate surface area is 179 Å². The molecule has 3 aromatic heterocycles. The lowest BCUT2D eigenvalue weighted by Crippen LogP contribution is -2.22. The summed E-state index contributed by atoms with van der Waals surface area (Å²) in [5.41, 5.74) is 2.06. The number of para-hydroxylation sites is 1. The van der Waals surface area contributed by atoms with E-state index in [0.717, 1.165) is 17.4 Å². The largest absolute Gasteiger partial charge is 0.297 e. The average molecular weight is 434 g/mol. The van der Waals surface area contributed by atoms with Crippen LogP contribution in [0.1, 0.15) is 5.69 Å². The van der Waals surface area contributed by atoms with Gasteiger partial charge in [0.25, 0.3) is 5.56 Å². The molecule has 0 saturated carbocycles. The fourth-order valence-corrected chi connectivity index (χ4v) is 4.19. The number of hydrogen-bond acceptors (Lipinski definition) is 7. The minimum absolute atomic E-state index is 0.265. The number of nitrogens with zero attached hydrogens (tertiary/aromatic N) is 8. The third kappa shape index (κ3) is 3.19. The van der Waals surface area contributed by atoms with Crippen LogP contribution in [0, 0.1) is 12.7 Å². The molecule has 0 saturated heterocycles. The summed E-state index contributed by atoms with van der Waals surface area (Å²) in [6.07, 6.45) is 1.40. The van der Waals surface area contributed by atoms with Crippen molar-refractivity contribution in [1.29, 1.82) is 0 Å². The van der Waals surface area contributed by atoms with Crippen LogP contribution in [0.15, 0.2) is 69.8 Å². The van der Waals surface area contributed by atoms with E-state index in [4.69, 9.17) is 0 Å². The summed E-state index contributed by atoms with van der Waals surface area (Å²) in [6, 6.07) is 13.6. The van der Waals surface area contributed by atoms with Gasteiger partial charge in [-0.15, -0.1) is 5.10 Å². The first-order chi connectivity index (χ1) is 15.0. The Bertz CT molecular complexity index is 1470. The average Bonchev–Trinajstić information content (AvgIpc) is 3.30. The van der Waals surface area contributed by atoms with Crippen LogP contribution < -0.4 is 5.56 Å². The second-order valence-corrected chi connectivity index (χ2v) is 7.68. The van der Waals surface area contributed by atoms with E-state index in [1.54, 1.807) is 22.5 Å². The summed E-state index contributed by atoms with van der Waals surface area (Å²) in [5.74, 6) is -0.395. The molecule has 0 atom stereocenters. The van der Waals surface area contributed by atoms with Crippen molar-refractivity contribution in [2.24, 2.45) is 7.05 Å². The molecule has 0 aliphatic rings. The number of fused-ring (bicyclic) bond motifs is 1. The Morgan fingerprint density at radius 2 is 1.87 bits per heavy atom. The van der Waals surface area contributed by atoms with Gasteiger partial charge in [-0.1, -0.05) is 18.2 Å². The number of hydrogen-bond donors (Lipinski definition) is 0. The molecule has 0 aliphatic heterocycles. The van der Waals surface area contributed by atoms with E-state index in [2.05, 4.69) is 25.5 Å². The molecule has 11 heteroatoms. The van der Waals surface area contributed by atoms with Crippen molar-refractivity contribution in [3.63, 3.8) is 0 Å². The fraction of sp³-hybridized carbons (Fsp3) is 0.100. The Kier molecular flexibility index (Phi) is 4.59. The lowest BCUT2D eigenvalue weighted by atomic mass is 10.2. The highest BCUT2D eigenvalue weighted by atomic mass is 32.2. The van der Waals surface area contributed by atoms with Gasteiger partial charge in [0, 0.05) is 12.4 Å². The van der Waals surface area contributed by atoms with Crippen molar-refractivity contribution in [2.45, 2.75) is 17.1 Å². The van der Waals surface area contributed by atoms with Gasteiger partial charge in [0.2, 0.25) is 5.16 Å². The molecule has 0 unspecified atom stereocenters. The number of rotatable bonds is 4. The topological polar surface area (TPSA) is 96.3 Å². The first kappa shape index (κ1) is 19.1. The van der Waals surface area contributed by atoms with E-state index in [1.807, 2.05) is 37.3 Å². The third-order valence-electron chi connectivity index (χ3n) is 4.93. The summed E-state index contributed by atoms with van der Waals surface area (Å²) >= 11 is 1.13. The van der Waals surface area contributed by atoms with Gasteiger partial charge in [-0.2, -0.15) is 4.68 Å². The van der Waals surface area contributed by atoms with E-state index in [0.29, 0.717) is 32.5 Å². The molecule has 0 amide bonds. The molecule has 31 heavy (non-hydrogen) atoms. The van der Waals surface area contributed by atoms with E-state index in [1.165, 1.54) is 23.1 Å². The third-order valence-corrected chi connectivity index (χ3v) is 5.88. The van der Waals surface area contributed by atoms with Crippen molar-refractivity contribution in [2.75, 3.05) is 0 Å². The first-order valence-corrected chi connectivity index (χ1v) is 10.1. The van der Waals surface area contributed by atoms with E-state index in [-0.39, 0.29) is 5.56 Å². The van der Waals surface area contributed by atoms with Gasteiger partial charge in [0.15, 0.2) is 5.69 Å². The van der Waals surface area contributed by atoms with E-state index < -0.39 is 5.82 Å². The Balaban J connectivity index is 1.63. The van der Waals surface area contributed by atoms with Crippen LogP contribution in [0.5, 0.6) is 0 Å². The van der Waals surface area contributed by atoms with Crippen LogP contribution >= 0.6 is 11.8 Å². The van der Waals surface area contributed by atoms with Crippen molar-refractivity contribution in [3.8, 4) is 11.4 Å². The van der Waals surface area contributed by atoms with Gasteiger partial charge >= 0.3 is 0 Å². The van der Waals surface area contributed by atoms with E-state index >= 15 is 0 Å². The van der Waals surface area contributed by atoms with Crippen molar-refractivity contribution in [3.05, 3.63) is 76.7 Å². The van der Waals surface area contributed by atoms with Gasteiger partial charge in [-0.05, 0) is 59.4 Å². The normalized spacial score (nSPS) is 11.3. The zero-order chi connectivity index (χ0) is 21.5. The second-order valence-electron chi connectivity index (χ2n) is 6.73. The molecule has 5 rings (SSSR count). The van der Waals surface area contributed by atoms with Crippen LogP contribution in [-0.2, 0) is 7.05 Å². The second kappa shape index (κ2) is 7.43. The summed E-state index contributed by atoms with van der Waals surface area (Å²) in [6.45, 7) is 1.82. The standard InChI is InChI=1S/C20H15FN8OS/c1-12-17(19(30)29(27(12)2)14-6-4-3-5-7-14)28-20(24-25-26-28)31-18-15-10-13(21)8-9-16(15)22-11-23-18/h3-11H,1-2H3. The summed E-state index contributed by atoms with van der Waals surface area (Å²) < 4.78 is 18.5. The summed E-state index contributed by atoms with van der Waals surface area (Å²) in [7, 11) is 1.80. The van der Waals surface area contributed by atoms with Crippen LogP contribution in [0.2, 0.25) is 0 Å². The highest BCUT2D eigenvalue weighted by Crippen LogP contribution is 2.31. The number of aromatic nitrogens is 8. The van der Waals surface area contributed by atoms with Crippen LogP contribution in [0.4, 0.5) is 4.39 Å². The predicted octanol–water partition coefficient (Wildman–Crippen LogP) is 2.69. The minimum Gasteiger partial charge on any atom is -0.283 e. The highest BCUT2D eigenvalue weighted by Gasteiger charge is 2.23.